The van der Waals surface area contributed by atoms with E-state index in [0.29, 0.717) is 12.4 Å². The highest BCUT2D eigenvalue weighted by molar-refractivity contribution is 7.89. The fourth-order valence-corrected chi connectivity index (χ4v) is 2.11. The maximum atomic E-state index is 11.8. The molecule has 0 atom stereocenters. The number of hydrogen-bond donors (Lipinski definition) is 2. The number of hydrogen-bond acceptors (Lipinski definition) is 6. The van der Waals surface area contributed by atoms with Gasteiger partial charge in [-0.25, -0.2) is 22.5 Å². The molecule has 0 aromatic carbocycles. The molecule has 0 aliphatic heterocycles. The van der Waals surface area contributed by atoms with Crippen molar-refractivity contribution in [3.63, 3.8) is 0 Å². The Labute approximate surface area is 117 Å². The first-order chi connectivity index (χ1) is 9.34. The highest BCUT2D eigenvalue weighted by Gasteiger charge is 2.17. The third kappa shape index (κ3) is 4.76. The third-order valence-electron chi connectivity index (χ3n) is 2.29. The summed E-state index contributed by atoms with van der Waals surface area (Å²) >= 11 is 0. The molecule has 0 saturated heterocycles. The van der Waals surface area contributed by atoms with Crippen LogP contribution in [0.5, 0.6) is 0 Å². The Kier molecular flexibility index (Phi) is 5.86. The van der Waals surface area contributed by atoms with Crippen molar-refractivity contribution < 1.29 is 23.1 Å². The van der Waals surface area contributed by atoms with Crippen LogP contribution in [0.1, 0.15) is 0 Å². The zero-order valence-corrected chi connectivity index (χ0v) is 12.1. The number of carboxylic acids is 1. The van der Waals surface area contributed by atoms with Gasteiger partial charge in [0.15, 0.2) is 0 Å². The number of ether oxygens (including phenoxy) is 1. The van der Waals surface area contributed by atoms with Crippen molar-refractivity contribution in [1.29, 1.82) is 0 Å². The number of carboxylic acid groups (broad SMARTS) is 1. The molecular weight excluding hydrogens is 286 g/mol. The second-order valence-electron chi connectivity index (χ2n) is 4.04. The number of nitrogens with zero attached hydrogens (tertiary/aromatic N) is 2. The second-order valence-corrected chi connectivity index (χ2v) is 6.19. The summed E-state index contributed by atoms with van der Waals surface area (Å²) in [6, 6.07) is 2.98. The Morgan fingerprint density at radius 1 is 1.45 bits per heavy atom. The maximum absolute atomic E-state index is 11.8. The van der Waals surface area contributed by atoms with Crippen LogP contribution in [0, 0.1) is 0 Å². The summed E-state index contributed by atoms with van der Waals surface area (Å²) in [4.78, 5) is 14.3. The van der Waals surface area contributed by atoms with Crippen LogP contribution >= 0.6 is 0 Å². The predicted molar refractivity (Wildman–Crippen MR) is 72.1 cm³/mol. The SMILES string of the molecule is CN(C)S(=O)(=O)c1ccc(NCCOCC(=O)O)nc1. The summed E-state index contributed by atoms with van der Waals surface area (Å²) in [5, 5.41) is 11.3. The van der Waals surface area contributed by atoms with Gasteiger partial charge in [-0.2, -0.15) is 0 Å². The lowest BCUT2D eigenvalue weighted by Gasteiger charge is -2.11. The molecule has 2 N–H and O–H groups in total. The molecule has 0 aliphatic rings. The highest BCUT2D eigenvalue weighted by Crippen LogP contribution is 2.13. The van der Waals surface area contributed by atoms with Crippen LogP contribution in [0.4, 0.5) is 5.82 Å². The molecule has 0 bridgehead atoms. The van der Waals surface area contributed by atoms with Crippen molar-refractivity contribution in [2.75, 3.05) is 39.2 Å². The third-order valence-corrected chi connectivity index (χ3v) is 4.09. The zero-order chi connectivity index (χ0) is 15.2. The molecule has 1 aromatic rings. The molecule has 9 heteroatoms. The van der Waals surface area contributed by atoms with Crippen LogP contribution < -0.4 is 5.32 Å². The standard InChI is InChI=1S/C11H17N3O5S/c1-14(2)20(17,18)9-3-4-10(13-7-9)12-5-6-19-8-11(15)16/h3-4,7H,5-6,8H2,1-2H3,(H,12,13)(H,15,16). The lowest BCUT2D eigenvalue weighted by molar-refractivity contribution is -0.142. The van der Waals surface area contributed by atoms with E-state index in [0.717, 1.165) is 4.31 Å². The highest BCUT2D eigenvalue weighted by atomic mass is 32.2. The summed E-state index contributed by atoms with van der Waals surface area (Å²) in [7, 11) is -0.588. The molecule has 0 radical (unpaired) electrons. The van der Waals surface area contributed by atoms with Gasteiger partial charge in [0.05, 0.1) is 6.61 Å². The van der Waals surface area contributed by atoms with E-state index in [1.54, 1.807) is 0 Å². The number of rotatable bonds is 8. The molecule has 1 aromatic heterocycles. The number of anilines is 1. The number of aromatic nitrogens is 1. The van der Waals surface area contributed by atoms with Crippen LogP contribution in [0.2, 0.25) is 0 Å². The normalized spacial score (nSPS) is 11.6. The fourth-order valence-electron chi connectivity index (χ4n) is 1.26. The predicted octanol–water partition coefficient (Wildman–Crippen LogP) is -0.155. The number of sulfonamides is 1. The first-order valence-corrected chi connectivity index (χ1v) is 7.20. The molecular formula is C11H17N3O5S. The molecule has 0 saturated carbocycles. The average Bonchev–Trinajstić information content (AvgIpc) is 2.38. The second kappa shape index (κ2) is 7.17. The molecule has 112 valence electrons. The van der Waals surface area contributed by atoms with E-state index in [-0.39, 0.29) is 18.1 Å². The van der Waals surface area contributed by atoms with Crippen LogP contribution in [0.25, 0.3) is 0 Å². The molecule has 1 heterocycles. The minimum atomic E-state index is -3.48. The van der Waals surface area contributed by atoms with Gasteiger partial charge in [-0.1, -0.05) is 0 Å². The molecule has 0 amide bonds. The summed E-state index contributed by atoms with van der Waals surface area (Å²) in [6.07, 6.45) is 1.26. The van der Waals surface area contributed by atoms with E-state index >= 15 is 0 Å². The van der Waals surface area contributed by atoms with Gasteiger partial charge in [-0.3, -0.25) is 0 Å². The van der Waals surface area contributed by atoms with Gasteiger partial charge in [-0.15, -0.1) is 0 Å². The quantitative estimate of drug-likeness (QED) is 0.642. The van der Waals surface area contributed by atoms with Crippen molar-refractivity contribution in [2.45, 2.75) is 4.90 Å². The van der Waals surface area contributed by atoms with Crippen molar-refractivity contribution in [1.82, 2.24) is 9.29 Å². The average molecular weight is 303 g/mol. The van der Waals surface area contributed by atoms with E-state index in [1.165, 1.54) is 32.4 Å². The van der Waals surface area contributed by atoms with Gasteiger partial charge < -0.3 is 15.2 Å². The van der Waals surface area contributed by atoms with Crippen LogP contribution in [0.3, 0.4) is 0 Å². The largest absolute Gasteiger partial charge is 0.480 e. The first kappa shape index (κ1) is 16.3. The van der Waals surface area contributed by atoms with Gasteiger partial charge in [0.2, 0.25) is 10.0 Å². The lowest BCUT2D eigenvalue weighted by atomic mass is 10.4. The maximum Gasteiger partial charge on any atom is 0.329 e. The van der Waals surface area contributed by atoms with E-state index in [1.807, 2.05) is 0 Å². The van der Waals surface area contributed by atoms with Crippen LogP contribution in [0.15, 0.2) is 23.2 Å². The molecule has 0 fully saturated rings. The van der Waals surface area contributed by atoms with Crippen LogP contribution in [-0.4, -0.2) is 62.6 Å². The van der Waals surface area contributed by atoms with E-state index in [2.05, 4.69) is 10.3 Å². The Morgan fingerprint density at radius 3 is 2.65 bits per heavy atom. The van der Waals surface area contributed by atoms with Crippen molar-refractivity contribution in [2.24, 2.45) is 0 Å². The minimum Gasteiger partial charge on any atom is -0.480 e. The van der Waals surface area contributed by atoms with Crippen molar-refractivity contribution >= 4 is 21.8 Å². The van der Waals surface area contributed by atoms with Crippen molar-refractivity contribution in [3.8, 4) is 0 Å². The molecule has 0 unspecified atom stereocenters. The lowest BCUT2D eigenvalue weighted by Crippen LogP contribution is -2.22. The molecule has 0 spiro atoms. The van der Waals surface area contributed by atoms with Crippen molar-refractivity contribution in [3.05, 3.63) is 18.3 Å². The number of carbonyl (C=O) groups is 1. The molecule has 20 heavy (non-hydrogen) atoms. The van der Waals surface area contributed by atoms with Gasteiger partial charge in [0, 0.05) is 26.8 Å². The number of nitrogens with one attached hydrogen (secondary N) is 1. The molecule has 1 rings (SSSR count). The van der Waals surface area contributed by atoms with Crippen LogP contribution in [-0.2, 0) is 19.6 Å². The minimum absolute atomic E-state index is 0.107. The first-order valence-electron chi connectivity index (χ1n) is 5.76. The zero-order valence-electron chi connectivity index (χ0n) is 11.2. The number of aliphatic carboxylic acids is 1. The summed E-state index contributed by atoms with van der Waals surface area (Å²) < 4.78 is 29.5. The van der Waals surface area contributed by atoms with Gasteiger partial charge in [-0.05, 0) is 12.1 Å². The Bertz CT molecular complexity index is 542. The van der Waals surface area contributed by atoms with E-state index < -0.39 is 16.0 Å². The fraction of sp³-hybridized carbons (Fsp3) is 0.455. The monoisotopic (exact) mass is 303 g/mol. The summed E-state index contributed by atoms with van der Waals surface area (Å²) in [5.74, 6) is -0.539. The Balaban J connectivity index is 2.49. The van der Waals surface area contributed by atoms with Gasteiger partial charge in [0.25, 0.3) is 0 Å². The molecule has 8 nitrogen and oxygen atoms in total. The number of pyridine rings is 1. The van der Waals surface area contributed by atoms with Gasteiger partial charge >= 0.3 is 5.97 Å². The molecule has 0 aliphatic carbocycles. The summed E-state index contributed by atoms with van der Waals surface area (Å²) in [6.45, 7) is 0.237. The Morgan fingerprint density at radius 2 is 2.15 bits per heavy atom. The van der Waals surface area contributed by atoms with E-state index in [9.17, 15) is 13.2 Å². The Hall–Kier alpha value is -1.71. The smallest absolute Gasteiger partial charge is 0.329 e. The van der Waals surface area contributed by atoms with E-state index in [4.69, 9.17) is 9.84 Å². The summed E-state index contributed by atoms with van der Waals surface area (Å²) in [5.41, 5.74) is 0. The van der Waals surface area contributed by atoms with Gasteiger partial charge in [0.1, 0.15) is 17.3 Å². The topological polar surface area (TPSA) is 109 Å².